The number of esters is 1. The lowest BCUT2D eigenvalue weighted by Gasteiger charge is -2.12. The van der Waals surface area contributed by atoms with Crippen LogP contribution in [0.2, 0.25) is 0 Å². The first-order valence-corrected chi connectivity index (χ1v) is 7.60. The lowest BCUT2D eigenvalue weighted by molar-refractivity contribution is -0.147. The van der Waals surface area contributed by atoms with Crippen molar-refractivity contribution < 1.29 is 32.6 Å². The summed E-state index contributed by atoms with van der Waals surface area (Å²) in [6.07, 6.45) is -1.31. The molecule has 0 spiro atoms. The first kappa shape index (κ1) is 16.6. The van der Waals surface area contributed by atoms with Crippen molar-refractivity contribution in [2.45, 2.75) is 11.0 Å². The molecule has 20 heavy (non-hydrogen) atoms. The van der Waals surface area contributed by atoms with Gasteiger partial charge < -0.3 is 14.6 Å². The molecule has 0 aromatic carbocycles. The Bertz CT molecular complexity index is 593. The molecule has 0 fully saturated rings. The third kappa shape index (κ3) is 3.76. The molecule has 8 nitrogen and oxygen atoms in total. The van der Waals surface area contributed by atoms with E-state index in [1.165, 1.54) is 11.4 Å². The number of sulfonamides is 1. The number of ether oxygens (including phenoxy) is 2. The van der Waals surface area contributed by atoms with E-state index in [0.29, 0.717) is 0 Å². The normalized spacial score (nSPS) is 12.9. The highest BCUT2D eigenvalue weighted by Gasteiger charge is 2.26. The Morgan fingerprint density at radius 2 is 2.10 bits per heavy atom. The van der Waals surface area contributed by atoms with Crippen molar-refractivity contribution in [3.8, 4) is 0 Å². The van der Waals surface area contributed by atoms with Gasteiger partial charge in [0, 0.05) is 13.7 Å². The zero-order valence-electron chi connectivity index (χ0n) is 10.7. The van der Waals surface area contributed by atoms with Gasteiger partial charge in [0.2, 0.25) is 10.0 Å². The van der Waals surface area contributed by atoms with Crippen molar-refractivity contribution in [1.82, 2.24) is 4.72 Å². The van der Waals surface area contributed by atoms with Gasteiger partial charge in [0.15, 0.2) is 6.10 Å². The Morgan fingerprint density at radius 1 is 1.45 bits per heavy atom. The van der Waals surface area contributed by atoms with E-state index in [4.69, 9.17) is 5.11 Å². The summed E-state index contributed by atoms with van der Waals surface area (Å²) in [5.74, 6) is -2.07. The van der Waals surface area contributed by atoms with Crippen molar-refractivity contribution in [3.63, 3.8) is 0 Å². The number of thiophene rings is 1. The number of hydrogen-bond acceptors (Lipinski definition) is 7. The molecule has 1 heterocycles. The Hall–Kier alpha value is -1.49. The van der Waals surface area contributed by atoms with E-state index in [0.717, 1.165) is 25.6 Å². The Labute approximate surface area is 119 Å². The molecule has 1 unspecified atom stereocenters. The molecule has 0 aliphatic heterocycles. The van der Waals surface area contributed by atoms with Crippen molar-refractivity contribution in [2.75, 3.05) is 20.8 Å². The molecule has 0 aliphatic rings. The molecular formula is C10H13NO7S2. The van der Waals surface area contributed by atoms with Crippen LogP contribution >= 0.6 is 11.3 Å². The summed E-state index contributed by atoms with van der Waals surface area (Å²) in [6.45, 7) is -0.454. The van der Waals surface area contributed by atoms with Gasteiger partial charge in [-0.1, -0.05) is 0 Å². The summed E-state index contributed by atoms with van der Waals surface area (Å²) in [5, 5.41) is 10.2. The molecule has 0 saturated carbocycles. The van der Waals surface area contributed by atoms with E-state index < -0.39 is 34.6 Å². The maximum absolute atomic E-state index is 12.0. The van der Waals surface area contributed by atoms with Crippen LogP contribution in [0, 0.1) is 0 Å². The van der Waals surface area contributed by atoms with Crippen LogP contribution in [0.15, 0.2) is 16.3 Å². The number of carbonyl (C=O) groups excluding carboxylic acids is 1. The van der Waals surface area contributed by atoms with E-state index in [-0.39, 0.29) is 9.77 Å². The maximum Gasteiger partial charge on any atom is 0.349 e. The molecule has 1 atom stereocenters. The number of methoxy groups -OCH3 is 2. The first-order chi connectivity index (χ1) is 9.33. The molecule has 0 bridgehead atoms. The zero-order chi connectivity index (χ0) is 15.3. The summed E-state index contributed by atoms with van der Waals surface area (Å²) < 4.78 is 35.2. The van der Waals surface area contributed by atoms with Gasteiger partial charge in [-0.05, 0) is 11.4 Å². The maximum atomic E-state index is 12.0. The predicted octanol–water partition coefficient (Wildman–Crippen LogP) is -0.0874. The lowest BCUT2D eigenvalue weighted by Crippen LogP contribution is -2.38. The minimum atomic E-state index is -4.03. The fourth-order valence-corrected chi connectivity index (χ4v) is 3.65. The smallest absolute Gasteiger partial charge is 0.349 e. The highest BCUT2D eigenvalue weighted by Crippen LogP contribution is 2.22. The van der Waals surface area contributed by atoms with Crippen LogP contribution in [-0.2, 0) is 24.3 Å². The minimum Gasteiger partial charge on any atom is -0.479 e. The molecule has 1 aromatic rings. The number of carboxylic acids is 1. The average molecular weight is 323 g/mol. The molecule has 112 valence electrons. The topological polar surface area (TPSA) is 119 Å². The number of aliphatic carboxylic acids is 1. The van der Waals surface area contributed by atoms with Gasteiger partial charge in [-0.15, -0.1) is 11.3 Å². The number of carbonyl (C=O) groups is 2. The van der Waals surface area contributed by atoms with E-state index >= 15 is 0 Å². The summed E-state index contributed by atoms with van der Waals surface area (Å²) in [7, 11) is -1.74. The average Bonchev–Trinajstić information content (AvgIpc) is 2.88. The number of rotatable bonds is 7. The highest BCUT2D eigenvalue weighted by molar-refractivity contribution is 7.89. The molecule has 0 aliphatic carbocycles. The van der Waals surface area contributed by atoms with Crippen LogP contribution in [0.3, 0.4) is 0 Å². The molecule has 0 amide bonds. The number of carboxylic acid groups (broad SMARTS) is 1. The Morgan fingerprint density at radius 3 is 2.60 bits per heavy atom. The van der Waals surface area contributed by atoms with Gasteiger partial charge in [0.25, 0.3) is 0 Å². The fourth-order valence-electron chi connectivity index (χ4n) is 1.29. The summed E-state index contributed by atoms with van der Waals surface area (Å²) in [6, 6.07) is 1.24. The lowest BCUT2D eigenvalue weighted by atomic mass is 10.4. The van der Waals surface area contributed by atoms with Crippen LogP contribution in [0.1, 0.15) is 9.67 Å². The highest BCUT2D eigenvalue weighted by atomic mass is 32.2. The van der Waals surface area contributed by atoms with Gasteiger partial charge in [0.05, 0.1) is 7.11 Å². The second kappa shape index (κ2) is 6.79. The molecule has 0 radical (unpaired) electrons. The molecule has 10 heteroatoms. The number of hydrogen-bond donors (Lipinski definition) is 2. The van der Waals surface area contributed by atoms with E-state index in [1.54, 1.807) is 0 Å². The molecule has 2 N–H and O–H groups in total. The van der Waals surface area contributed by atoms with E-state index in [1.807, 2.05) is 0 Å². The van der Waals surface area contributed by atoms with Gasteiger partial charge in [0.1, 0.15) is 9.77 Å². The quantitative estimate of drug-likeness (QED) is 0.673. The van der Waals surface area contributed by atoms with Crippen molar-refractivity contribution >= 4 is 33.3 Å². The van der Waals surface area contributed by atoms with Gasteiger partial charge in [-0.3, -0.25) is 0 Å². The molecular weight excluding hydrogens is 310 g/mol. The summed E-state index contributed by atoms with van der Waals surface area (Å²) >= 11 is 0.914. The third-order valence-corrected chi connectivity index (χ3v) is 4.80. The van der Waals surface area contributed by atoms with Gasteiger partial charge in [-0.25, -0.2) is 22.7 Å². The Kier molecular flexibility index (Phi) is 5.62. The predicted molar refractivity (Wildman–Crippen MR) is 69.3 cm³/mol. The molecule has 1 aromatic heterocycles. The second-order valence-corrected chi connectivity index (χ2v) is 6.17. The molecule has 1 rings (SSSR count). The first-order valence-electron chi connectivity index (χ1n) is 5.24. The van der Waals surface area contributed by atoms with Crippen molar-refractivity contribution in [2.24, 2.45) is 0 Å². The summed E-state index contributed by atoms with van der Waals surface area (Å²) in [5.41, 5.74) is 0. The van der Waals surface area contributed by atoms with Crippen molar-refractivity contribution in [1.29, 1.82) is 0 Å². The second-order valence-electron chi connectivity index (χ2n) is 3.52. The SMILES string of the molecule is COC(=O)c1sccc1S(=O)(=O)NCC(OC)C(=O)O. The third-order valence-electron chi connectivity index (χ3n) is 2.31. The van der Waals surface area contributed by atoms with Crippen LogP contribution in [-0.4, -0.2) is 52.3 Å². The number of nitrogens with one attached hydrogen (secondary N) is 1. The standard InChI is InChI=1S/C10H13NO7S2/c1-17-6(9(12)13)5-11-20(15,16)7-3-4-19-8(7)10(14)18-2/h3-4,6,11H,5H2,1-2H3,(H,12,13). The Balaban J connectivity index is 2.92. The zero-order valence-corrected chi connectivity index (χ0v) is 12.3. The van der Waals surface area contributed by atoms with E-state index in [9.17, 15) is 18.0 Å². The van der Waals surface area contributed by atoms with Gasteiger partial charge in [-0.2, -0.15) is 0 Å². The van der Waals surface area contributed by atoms with Crippen LogP contribution < -0.4 is 4.72 Å². The van der Waals surface area contributed by atoms with Crippen LogP contribution in [0.4, 0.5) is 0 Å². The fraction of sp³-hybridized carbons (Fsp3) is 0.400. The minimum absolute atomic E-state index is 0.0794. The monoisotopic (exact) mass is 323 g/mol. The van der Waals surface area contributed by atoms with Gasteiger partial charge >= 0.3 is 11.9 Å². The van der Waals surface area contributed by atoms with E-state index in [2.05, 4.69) is 14.2 Å². The van der Waals surface area contributed by atoms with Crippen LogP contribution in [0.5, 0.6) is 0 Å². The van der Waals surface area contributed by atoms with Crippen molar-refractivity contribution in [3.05, 3.63) is 16.3 Å². The molecule has 0 saturated heterocycles. The largest absolute Gasteiger partial charge is 0.479 e. The van der Waals surface area contributed by atoms with Crippen LogP contribution in [0.25, 0.3) is 0 Å². The summed E-state index contributed by atoms with van der Waals surface area (Å²) in [4.78, 5) is 21.8.